The Bertz CT molecular complexity index is 468. The van der Waals surface area contributed by atoms with Crippen LogP contribution in [-0.4, -0.2) is 63.6 Å². The summed E-state index contributed by atoms with van der Waals surface area (Å²) in [7, 11) is -2.49. The molecule has 1 amide bonds. The average Bonchev–Trinajstić information content (AvgIpc) is 2.48. The van der Waals surface area contributed by atoms with Gasteiger partial charge in [-0.1, -0.05) is 12.8 Å². The van der Waals surface area contributed by atoms with Crippen LogP contribution in [0.2, 0.25) is 0 Å². The van der Waals surface area contributed by atoms with E-state index in [9.17, 15) is 18.0 Å². The van der Waals surface area contributed by atoms with Gasteiger partial charge in [-0.05, 0) is 26.4 Å². The van der Waals surface area contributed by atoms with Crippen molar-refractivity contribution in [2.45, 2.75) is 44.3 Å². The molecule has 0 rings (SSSR count). The molecule has 0 radical (unpaired) electrons. The van der Waals surface area contributed by atoms with Crippen molar-refractivity contribution in [3.63, 3.8) is 0 Å². The third kappa shape index (κ3) is 13.1. The first-order valence-corrected chi connectivity index (χ1v) is 9.42. The molecule has 0 saturated heterocycles. The van der Waals surface area contributed by atoms with E-state index in [1.54, 1.807) is 0 Å². The summed E-state index contributed by atoms with van der Waals surface area (Å²) < 4.78 is 40.7. The molecule has 0 heterocycles. The number of hydrogen-bond acceptors (Lipinski definition) is 7. The van der Waals surface area contributed by atoms with E-state index in [4.69, 9.17) is 9.29 Å². The highest BCUT2D eigenvalue weighted by Crippen LogP contribution is 2.06. The maximum Gasteiger partial charge on any atom is 0.407 e. The number of unbranched alkanes of at least 4 members (excludes halogenated alkanes) is 3. The number of esters is 1. The standard InChI is InChI=1S/C14H28N2O7S/c1-12(17)23-11-13(24(19,20)21)7-10-22-14(18)16-9-6-4-3-5-8-15-2/h13,15H,3-11H2,1-2H3,(H,16,18)(H,19,20,21). The number of carbonyl (C=O) groups is 2. The number of hydrogen-bond donors (Lipinski definition) is 3. The predicted octanol–water partition coefficient (Wildman–Crippen LogP) is 0.702. The molecule has 0 fully saturated rings. The van der Waals surface area contributed by atoms with Crippen molar-refractivity contribution in [2.75, 3.05) is 33.4 Å². The molecule has 9 nitrogen and oxygen atoms in total. The maximum atomic E-state index is 11.4. The zero-order valence-electron chi connectivity index (χ0n) is 14.2. The fourth-order valence-electron chi connectivity index (χ4n) is 1.83. The van der Waals surface area contributed by atoms with Crippen molar-refractivity contribution in [1.29, 1.82) is 0 Å². The van der Waals surface area contributed by atoms with E-state index in [2.05, 4.69) is 15.4 Å². The number of rotatable bonds is 13. The van der Waals surface area contributed by atoms with Gasteiger partial charge in [0.1, 0.15) is 11.9 Å². The molecule has 142 valence electrons. The van der Waals surface area contributed by atoms with Gasteiger partial charge < -0.3 is 20.1 Å². The van der Waals surface area contributed by atoms with Crippen molar-refractivity contribution < 1.29 is 32.0 Å². The molecule has 0 bridgehead atoms. The lowest BCUT2D eigenvalue weighted by atomic mass is 10.2. The Labute approximate surface area is 143 Å². The quantitative estimate of drug-likeness (QED) is 0.246. The second-order valence-corrected chi connectivity index (χ2v) is 7.01. The summed E-state index contributed by atoms with van der Waals surface area (Å²) in [6, 6.07) is 0. The van der Waals surface area contributed by atoms with Crippen molar-refractivity contribution in [1.82, 2.24) is 10.6 Å². The summed E-state index contributed by atoms with van der Waals surface area (Å²) >= 11 is 0. The van der Waals surface area contributed by atoms with Crippen molar-refractivity contribution in [2.24, 2.45) is 0 Å². The number of carbonyl (C=O) groups excluding carboxylic acids is 2. The van der Waals surface area contributed by atoms with Crippen LogP contribution in [0.5, 0.6) is 0 Å². The summed E-state index contributed by atoms with van der Waals surface area (Å²) in [6.45, 7) is 1.89. The van der Waals surface area contributed by atoms with Crippen LogP contribution in [0.25, 0.3) is 0 Å². The van der Waals surface area contributed by atoms with E-state index in [-0.39, 0.29) is 13.0 Å². The Morgan fingerprint density at radius 1 is 1.08 bits per heavy atom. The molecule has 1 unspecified atom stereocenters. The van der Waals surface area contributed by atoms with E-state index in [1.807, 2.05) is 7.05 Å². The van der Waals surface area contributed by atoms with Crippen LogP contribution >= 0.6 is 0 Å². The van der Waals surface area contributed by atoms with Crippen LogP contribution in [0.3, 0.4) is 0 Å². The molecule has 0 aliphatic rings. The first-order valence-electron chi connectivity index (χ1n) is 7.92. The third-order valence-corrected chi connectivity index (χ3v) is 4.40. The smallest absolute Gasteiger partial charge is 0.407 e. The Hall–Kier alpha value is -1.39. The molecule has 0 aromatic carbocycles. The number of ether oxygens (including phenoxy) is 2. The average molecular weight is 368 g/mol. The van der Waals surface area contributed by atoms with Crippen molar-refractivity contribution >= 4 is 22.2 Å². The first-order chi connectivity index (χ1) is 11.3. The zero-order chi connectivity index (χ0) is 18.4. The molecule has 0 aromatic rings. The van der Waals surface area contributed by atoms with Crippen LogP contribution in [0.1, 0.15) is 39.0 Å². The van der Waals surface area contributed by atoms with Gasteiger partial charge in [0.2, 0.25) is 0 Å². The molecular formula is C14H28N2O7S. The molecule has 0 aromatic heterocycles. The summed E-state index contributed by atoms with van der Waals surface area (Å²) in [6.07, 6.45) is 3.17. The van der Waals surface area contributed by atoms with Gasteiger partial charge in [0.05, 0.1) is 6.61 Å². The molecule has 0 spiro atoms. The summed E-state index contributed by atoms with van der Waals surface area (Å²) in [5, 5.41) is 4.30. The lowest BCUT2D eigenvalue weighted by Crippen LogP contribution is -2.31. The van der Waals surface area contributed by atoms with Crippen LogP contribution in [-0.2, 0) is 24.4 Å². The molecule has 0 aliphatic carbocycles. The number of amides is 1. The van der Waals surface area contributed by atoms with Crippen LogP contribution in [0, 0.1) is 0 Å². The fourth-order valence-corrected chi connectivity index (χ4v) is 2.47. The van der Waals surface area contributed by atoms with E-state index in [1.165, 1.54) is 0 Å². The number of alkyl carbamates (subject to hydrolysis) is 1. The Balaban J connectivity index is 3.85. The molecular weight excluding hydrogens is 340 g/mol. The van der Waals surface area contributed by atoms with Crippen LogP contribution in [0.4, 0.5) is 4.79 Å². The van der Waals surface area contributed by atoms with Gasteiger partial charge in [-0.2, -0.15) is 8.42 Å². The molecule has 0 saturated carbocycles. The van der Waals surface area contributed by atoms with Gasteiger partial charge in [0.15, 0.2) is 0 Å². The lowest BCUT2D eigenvalue weighted by Gasteiger charge is -2.14. The van der Waals surface area contributed by atoms with Gasteiger partial charge in [0.25, 0.3) is 10.1 Å². The second-order valence-electron chi connectivity index (χ2n) is 5.31. The Kier molecular flexibility index (Phi) is 12.2. The molecule has 10 heteroatoms. The number of nitrogens with one attached hydrogen (secondary N) is 2. The minimum atomic E-state index is -4.38. The highest BCUT2D eigenvalue weighted by Gasteiger charge is 2.24. The molecule has 24 heavy (non-hydrogen) atoms. The Morgan fingerprint density at radius 2 is 1.71 bits per heavy atom. The van der Waals surface area contributed by atoms with Gasteiger partial charge in [-0.25, -0.2) is 4.79 Å². The fraction of sp³-hybridized carbons (Fsp3) is 0.857. The van der Waals surface area contributed by atoms with Gasteiger partial charge in [-0.3, -0.25) is 9.35 Å². The van der Waals surface area contributed by atoms with Gasteiger partial charge >= 0.3 is 12.1 Å². The monoisotopic (exact) mass is 368 g/mol. The maximum absolute atomic E-state index is 11.4. The van der Waals surface area contributed by atoms with Crippen molar-refractivity contribution in [3.8, 4) is 0 Å². The molecule has 0 aliphatic heterocycles. The minimum absolute atomic E-state index is 0.163. The summed E-state index contributed by atoms with van der Waals surface area (Å²) in [5.41, 5.74) is 0. The predicted molar refractivity (Wildman–Crippen MR) is 88.3 cm³/mol. The highest BCUT2D eigenvalue weighted by molar-refractivity contribution is 7.86. The van der Waals surface area contributed by atoms with Crippen LogP contribution < -0.4 is 10.6 Å². The van der Waals surface area contributed by atoms with Gasteiger partial charge in [-0.15, -0.1) is 0 Å². The summed E-state index contributed by atoms with van der Waals surface area (Å²) in [4.78, 5) is 22.1. The highest BCUT2D eigenvalue weighted by atomic mass is 32.2. The molecule has 3 N–H and O–H groups in total. The van der Waals surface area contributed by atoms with Gasteiger partial charge in [0, 0.05) is 19.9 Å². The second kappa shape index (κ2) is 13.0. The lowest BCUT2D eigenvalue weighted by molar-refractivity contribution is -0.141. The minimum Gasteiger partial charge on any atom is -0.464 e. The largest absolute Gasteiger partial charge is 0.464 e. The van der Waals surface area contributed by atoms with E-state index in [0.29, 0.717) is 6.54 Å². The SMILES string of the molecule is CNCCCCCCNC(=O)OCCC(COC(C)=O)S(=O)(=O)O. The van der Waals surface area contributed by atoms with E-state index >= 15 is 0 Å². The van der Waals surface area contributed by atoms with Crippen LogP contribution in [0.15, 0.2) is 0 Å². The topological polar surface area (TPSA) is 131 Å². The van der Waals surface area contributed by atoms with Crippen molar-refractivity contribution in [3.05, 3.63) is 0 Å². The summed E-state index contributed by atoms with van der Waals surface area (Å²) in [5.74, 6) is -0.656. The Morgan fingerprint density at radius 3 is 2.25 bits per heavy atom. The zero-order valence-corrected chi connectivity index (χ0v) is 15.1. The van der Waals surface area contributed by atoms with E-state index in [0.717, 1.165) is 39.2 Å². The van der Waals surface area contributed by atoms with E-state index < -0.39 is 34.0 Å². The normalized spacial score (nSPS) is 12.5. The first kappa shape index (κ1) is 22.6. The molecule has 1 atom stereocenters. The third-order valence-electron chi connectivity index (χ3n) is 3.19.